The van der Waals surface area contributed by atoms with Crippen LogP contribution in [0.15, 0.2) is 58.5 Å². The van der Waals surface area contributed by atoms with Crippen LogP contribution in [0.1, 0.15) is 25.3 Å². The molecule has 0 fully saturated rings. The topological polar surface area (TPSA) is 110 Å². The van der Waals surface area contributed by atoms with Crippen LogP contribution in [0.25, 0.3) is 22.4 Å². The molecule has 4 aromatic rings. The largest absolute Gasteiger partial charge is 0.338 e. The molecule has 170 valence electrons. The molecule has 9 nitrogen and oxygen atoms in total. The Morgan fingerprint density at radius 1 is 1.06 bits per heavy atom. The van der Waals surface area contributed by atoms with Gasteiger partial charge in [-0.2, -0.15) is 0 Å². The van der Waals surface area contributed by atoms with Crippen molar-refractivity contribution in [2.75, 3.05) is 12.3 Å². The fourth-order valence-electron chi connectivity index (χ4n) is 3.52. The lowest BCUT2D eigenvalue weighted by Crippen LogP contribution is -2.40. The van der Waals surface area contributed by atoms with Gasteiger partial charge in [0.05, 0.1) is 22.3 Å². The second-order valence-corrected chi connectivity index (χ2v) is 8.45. The highest BCUT2D eigenvalue weighted by molar-refractivity contribution is 7.99. The van der Waals surface area contributed by atoms with E-state index in [1.807, 2.05) is 50.2 Å². The number of hydrogen-bond donors (Lipinski definition) is 2. The van der Waals surface area contributed by atoms with Gasteiger partial charge >= 0.3 is 6.03 Å². The van der Waals surface area contributed by atoms with Crippen LogP contribution in [0.5, 0.6) is 0 Å². The molecule has 0 aliphatic heterocycles. The molecule has 2 aromatic carbocycles. The van der Waals surface area contributed by atoms with Crippen LogP contribution >= 0.6 is 11.8 Å². The number of amides is 3. The van der Waals surface area contributed by atoms with Crippen molar-refractivity contribution in [2.45, 2.75) is 31.8 Å². The number of carbonyl (C=O) groups is 2. The second kappa shape index (κ2) is 9.86. The summed E-state index contributed by atoms with van der Waals surface area (Å²) in [6.07, 6.45) is 1.79. The molecule has 2 aromatic heterocycles. The van der Waals surface area contributed by atoms with Crippen LogP contribution in [-0.2, 0) is 4.79 Å². The predicted molar refractivity (Wildman–Crippen MR) is 128 cm³/mol. The minimum atomic E-state index is -0.515. The average Bonchev–Trinajstić information content (AvgIpc) is 3.23. The van der Waals surface area contributed by atoms with E-state index in [1.54, 1.807) is 16.5 Å². The molecule has 0 aliphatic rings. The number of fused-ring (bicyclic) bond motifs is 3. The number of urea groups is 1. The van der Waals surface area contributed by atoms with Crippen LogP contribution in [-0.4, -0.2) is 43.4 Å². The van der Waals surface area contributed by atoms with Crippen LogP contribution in [0.4, 0.5) is 4.79 Å². The molecule has 0 saturated carbocycles. The molecule has 2 N–H and O–H groups in total. The molecule has 0 aliphatic carbocycles. The van der Waals surface area contributed by atoms with E-state index in [4.69, 9.17) is 0 Å². The number of benzene rings is 2. The second-order valence-electron chi connectivity index (χ2n) is 7.51. The number of hydrogen-bond acceptors (Lipinski definition) is 6. The zero-order chi connectivity index (χ0) is 23.4. The van der Waals surface area contributed by atoms with E-state index in [2.05, 4.69) is 20.8 Å². The van der Waals surface area contributed by atoms with Gasteiger partial charge in [0.15, 0.2) is 5.16 Å². The Hall–Kier alpha value is -3.66. The lowest BCUT2D eigenvalue weighted by atomic mass is 10.2. The molecule has 0 atom stereocenters. The summed E-state index contributed by atoms with van der Waals surface area (Å²) >= 11 is 1.15. The summed E-state index contributed by atoms with van der Waals surface area (Å²) in [5, 5.41) is 14.5. The summed E-state index contributed by atoms with van der Waals surface area (Å²) in [4.78, 5) is 37.5. The number of nitrogens with zero attached hydrogens (tertiary/aromatic N) is 4. The Bertz CT molecular complexity index is 1390. The van der Waals surface area contributed by atoms with Gasteiger partial charge in [-0.1, -0.05) is 55.4 Å². The number of carbonyl (C=O) groups excluding carboxylic acids is 2. The molecule has 3 amide bonds. The maximum absolute atomic E-state index is 13.4. The van der Waals surface area contributed by atoms with Crippen LogP contribution < -0.4 is 16.2 Å². The smallest absolute Gasteiger partial charge is 0.321 e. The van der Waals surface area contributed by atoms with Gasteiger partial charge in [-0.3, -0.25) is 19.3 Å². The minimum absolute atomic E-state index is 0.0280. The molecule has 0 radical (unpaired) electrons. The number of imide groups is 1. The highest BCUT2D eigenvalue weighted by atomic mass is 32.2. The average molecular weight is 465 g/mol. The van der Waals surface area contributed by atoms with Crippen molar-refractivity contribution in [3.05, 3.63) is 64.4 Å². The Morgan fingerprint density at radius 3 is 2.61 bits per heavy atom. The SMILES string of the molecule is CCCCNC(=O)NC(=O)CSc1nnc2n(-c3ccccc3C)c(=O)c3ccccc3n12. The Balaban J connectivity index is 1.69. The summed E-state index contributed by atoms with van der Waals surface area (Å²) in [7, 11) is 0. The maximum atomic E-state index is 13.4. The van der Waals surface area contributed by atoms with Crippen molar-refractivity contribution in [1.82, 2.24) is 29.8 Å². The lowest BCUT2D eigenvalue weighted by molar-refractivity contribution is -0.117. The zero-order valence-electron chi connectivity index (χ0n) is 18.4. The van der Waals surface area contributed by atoms with E-state index in [1.165, 1.54) is 4.57 Å². The van der Waals surface area contributed by atoms with E-state index in [-0.39, 0.29) is 11.3 Å². The summed E-state index contributed by atoms with van der Waals surface area (Å²) in [5.74, 6) is -0.115. The van der Waals surface area contributed by atoms with Gasteiger partial charge in [0.1, 0.15) is 0 Å². The number of thioether (sulfide) groups is 1. The van der Waals surface area contributed by atoms with Gasteiger partial charge < -0.3 is 5.32 Å². The molecular formula is C23H24N6O3S. The number of unbranched alkanes of at least 4 members (excludes halogenated alkanes) is 1. The van der Waals surface area contributed by atoms with Gasteiger partial charge in [-0.15, -0.1) is 10.2 Å². The molecule has 10 heteroatoms. The zero-order valence-corrected chi connectivity index (χ0v) is 19.2. The number of nitrogens with one attached hydrogen (secondary N) is 2. The Labute approximate surface area is 194 Å². The molecule has 0 saturated heterocycles. The first-order valence-corrected chi connectivity index (χ1v) is 11.6. The van der Waals surface area contributed by atoms with Crippen molar-refractivity contribution in [1.29, 1.82) is 0 Å². The van der Waals surface area contributed by atoms with Crippen molar-refractivity contribution in [2.24, 2.45) is 0 Å². The minimum Gasteiger partial charge on any atom is -0.338 e. The van der Waals surface area contributed by atoms with Crippen LogP contribution in [0.3, 0.4) is 0 Å². The Kier molecular flexibility index (Phi) is 6.74. The van der Waals surface area contributed by atoms with Crippen LogP contribution in [0.2, 0.25) is 0 Å². The van der Waals surface area contributed by atoms with Crippen molar-refractivity contribution < 1.29 is 9.59 Å². The fraction of sp³-hybridized carbons (Fsp3) is 0.261. The maximum Gasteiger partial charge on any atom is 0.321 e. The summed E-state index contributed by atoms with van der Waals surface area (Å²) in [5.41, 5.74) is 2.08. The summed E-state index contributed by atoms with van der Waals surface area (Å²) in [6, 6.07) is 14.3. The third kappa shape index (κ3) is 4.61. The molecule has 33 heavy (non-hydrogen) atoms. The highest BCUT2D eigenvalue weighted by Crippen LogP contribution is 2.24. The number of para-hydroxylation sites is 2. The van der Waals surface area contributed by atoms with E-state index < -0.39 is 11.9 Å². The third-order valence-corrected chi connectivity index (χ3v) is 6.08. The summed E-state index contributed by atoms with van der Waals surface area (Å²) in [6.45, 7) is 4.46. The molecule has 2 heterocycles. The van der Waals surface area contributed by atoms with E-state index in [0.717, 1.165) is 30.2 Å². The van der Waals surface area contributed by atoms with Crippen molar-refractivity contribution in [3.63, 3.8) is 0 Å². The number of aromatic nitrogens is 4. The van der Waals surface area contributed by atoms with Gasteiger partial charge in [-0.25, -0.2) is 9.36 Å². The molecule has 0 spiro atoms. The van der Waals surface area contributed by atoms with Gasteiger partial charge in [0, 0.05) is 6.54 Å². The van der Waals surface area contributed by atoms with Gasteiger partial charge in [0.25, 0.3) is 5.56 Å². The van der Waals surface area contributed by atoms with Crippen molar-refractivity contribution in [3.8, 4) is 5.69 Å². The highest BCUT2D eigenvalue weighted by Gasteiger charge is 2.19. The quantitative estimate of drug-likeness (QED) is 0.321. The first-order chi connectivity index (χ1) is 16.0. The number of aryl methyl sites for hydroxylation is 1. The first kappa shape index (κ1) is 22.5. The number of rotatable bonds is 7. The van der Waals surface area contributed by atoms with Crippen molar-refractivity contribution >= 4 is 40.4 Å². The van der Waals surface area contributed by atoms with E-state index in [9.17, 15) is 14.4 Å². The molecular weight excluding hydrogens is 440 g/mol. The summed E-state index contributed by atoms with van der Waals surface area (Å²) < 4.78 is 3.30. The monoisotopic (exact) mass is 464 g/mol. The Morgan fingerprint density at radius 2 is 1.82 bits per heavy atom. The standard InChI is InChI=1S/C23H24N6O3S/c1-3-4-13-24-21(32)25-19(30)14-33-23-27-26-22-28(17-11-7-5-9-15(17)2)20(31)16-10-6-8-12-18(16)29(22)23/h5-12H,3-4,13-14H2,1-2H3,(H2,24,25,30,32). The third-order valence-electron chi connectivity index (χ3n) is 5.15. The van der Waals surface area contributed by atoms with E-state index >= 15 is 0 Å². The lowest BCUT2D eigenvalue weighted by Gasteiger charge is -2.13. The van der Waals surface area contributed by atoms with Gasteiger partial charge in [0.2, 0.25) is 11.7 Å². The normalized spacial score (nSPS) is 11.1. The van der Waals surface area contributed by atoms with E-state index in [0.29, 0.717) is 34.1 Å². The molecule has 4 rings (SSSR count). The predicted octanol–water partition coefficient (Wildman–Crippen LogP) is 3.06. The fourth-order valence-corrected chi connectivity index (χ4v) is 4.26. The molecule has 0 bridgehead atoms. The van der Waals surface area contributed by atoms with Crippen LogP contribution in [0, 0.1) is 6.92 Å². The van der Waals surface area contributed by atoms with Gasteiger partial charge in [-0.05, 0) is 37.1 Å². The first-order valence-electron chi connectivity index (χ1n) is 10.7. The molecule has 0 unspecified atom stereocenters.